The second-order valence-electron chi connectivity index (χ2n) is 2.43. The second kappa shape index (κ2) is 6.36. The Labute approximate surface area is 85.8 Å². The highest BCUT2D eigenvalue weighted by Crippen LogP contribution is 1.99. The number of carbonyl (C=O) groups is 2. The Balaban J connectivity index is 2.20. The maximum Gasteiger partial charge on any atom is 0.511 e. The van der Waals surface area contributed by atoms with E-state index in [1.807, 2.05) is 0 Å². The minimum atomic E-state index is -0.902. The molecule has 0 atom stereocenters. The first-order valence-corrected chi connectivity index (χ1v) is 4.06. The van der Waals surface area contributed by atoms with Gasteiger partial charge in [0.15, 0.2) is 0 Å². The molecular formula is C9H9NO5. The van der Waals surface area contributed by atoms with Crippen molar-refractivity contribution >= 4 is 12.6 Å². The predicted molar refractivity (Wildman–Crippen MR) is 47.5 cm³/mol. The average Bonchev–Trinajstić information content (AvgIpc) is 2.28. The summed E-state index contributed by atoms with van der Waals surface area (Å²) >= 11 is 0. The van der Waals surface area contributed by atoms with Crippen molar-refractivity contribution in [3.8, 4) is 0 Å². The van der Waals surface area contributed by atoms with Crippen LogP contribution < -0.4 is 0 Å². The van der Waals surface area contributed by atoms with Gasteiger partial charge in [-0.05, 0) is 6.07 Å². The summed E-state index contributed by atoms with van der Waals surface area (Å²) in [6.45, 7) is -0.211. The molecule has 0 aliphatic rings. The van der Waals surface area contributed by atoms with Crippen LogP contribution in [0.4, 0.5) is 4.79 Å². The van der Waals surface area contributed by atoms with Crippen LogP contribution in [0.15, 0.2) is 24.5 Å². The normalized spacial score (nSPS) is 9.07. The molecule has 1 aromatic heterocycles. The Kier molecular flexibility index (Phi) is 4.65. The van der Waals surface area contributed by atoms with Gasteiger partial charge < -0.3 is 14.2 Å². The smallest absolute Gasteiger partial charge is 0.430 e. The lowest BCUT2D eigenvalue weighted by Crippen LogP contribution is -2.09. The molecule has 0 radical (unpaired) electrons. The third-order valence-electron chi connectivity index (χ3n) is 1.39. The Morgan fingerprint density at radius 1 is 1.47 bits per heavy atom. The monoisotopic (exact) mass is 211 g/mol. The van der Waals surface area contributed by atoms with E-state index in [4.69, 9.17) is 0 Å². The summed E-state index contributed by atoms with van der Waals surface area (Å²) < 4.78 is 13.2. The molecule has 1 rings (SSSR count). The zero-order valence-corrected chi connectivity index (χ0v) is 7.79. The molecule has 0 spiro atoms. The molecule has 6 nitrogen and oxygen atoms in total. The van der Waals surface area contributed by atoms with E-state index in [0.29, 0.717) is 0 Å². The Hall–Kier alpha value is -2.11. The van der Waals surface area contributed by atoms with Crippen molar-refractivity contribution in [2.75, 3.05) is 6.79 Å². The third kappa shape index (κ3) is 4.61. The highest BCUT2D eigenvalue weighted by atomic mass is 16.8. The van der Waals surface area contributed by atoms with Gasteiger partial charge in [-0.15, -0.1) is 0 Å². The molecular weight excluding hydrogens is 202 g/mol. The second-order valence-corrected chi connectivity index (χ2v) is 2.43. The van der Waals surface area contributed by atoms with Gasteiger partial charge in [0, 0.05) is 18.0 Å². The van der Waals surface area contributed by atoms with Crippen LogP contribution in [0, 0.1) is 0 Å². The van der Waals surface area contributed by atoms with E-state index in [0.717, 1.165) is 5.56 Å². The van der Waals surface area contributed by atoms with E-state index in [2.05, 4.69) is 19.2 Å². The number of rotatable bonds is 5. The number of carbonyl (C=O) groups excluding carboxylic acids is 2. The molecule has 0 unspecified atom stereocenters. The van der Waals surface area contributed by atoms with Crippen molar-refractivity contribution in [1.29, 1.82) is 0 Å². The van der Waals surface area contributed by atoms with Crippen molar-refractivity contribution in [3.05, 3.63) is 30.1 Å². The fraction of sp³-hybridized carbons (Fsp3) is 0.222. The zero-order valence-electron chi connectivity index (χ0n) is 7.79. The molecule has 1 aromatic rings. The fourth-order valence-electron chi connectivity index (χ4n) is 0.777. The summed E-state index contributed by atoms with van der Waals surface area (Å²) in [5, 5.41) is 0. The van der Waals surface area contributed by atoms with Crippen molar-refractivity contribution in [2.45, 2.75) is 6.61 Å². The van der Waals surface area contributed by atoms with Gasteiger partial charge >= 0.3 is 6.16 Å². The van der Waals surface area contributed by atoms with Crippen LogP contribution in [0.5, 0.6) is 0 Å². The molecule has 0 fully saturated rings. The molecule has 80 valence electrons. The summed E-state index contributed by atoms with van der Waals surface area (Å²) in [6.07, 6.45) is 2.27. The lowest BCUT2D eigenvalue weighted by Gasteiger charge is -2.04. The van der Waals surface area contributed by atoms with E-state index in [1.165, 1.54) is 0 Å². The van der Waals surface area contributed by atoms with Crippen LogP contribution in [-0.4, -0.2) is 24.4 Å². The molecule has 0 amide bonds. The minimum Gasteiger partial charge on any atom is -0.430 e. The number of hydrogen-bond donors (Lipinski definition) is 0. The fourth-order valence-corrected chi connectivity index (χ4v) is 0.777. The van der Waals surface area contributed by atoms with Gasteiger partial charge in [-0.2, -0.15) is 0 Å². The van der Waals surface area contributed by atoms with Crippen LogP contribution in [0.3, 0.4) is 0 Å². The number of ether oxygens (including phenoxy) is 3. The largest absolute Gasteiger partial charge is 0.511 e. The number of nitrogens with zero attached hydrogens (tertiary/aromatic N) is 1. The van der Waals surface area contributed by atoms with Crippen LogP contribution >= 0.6 is 0 Å². The van der Waals surface area contributed by atoms with Crippen molar-refractivity contribution in [2.24, 2.45) is 0 Å². The molecule has 0 saturated carbocycles. The van der Waals surface area contributed by atoms with Gasteiger partial charge in [0.2, 0.25) is 6.79 Å². The molecule has 0 bridgehead atoms. The standard InChI is InChI=1S/C9H9NO5/c11-6-13-7-15-9(12)14-5-8-2-1-3-10-4-8/h1-4,6H,5,7H2. The molecule has 0 aliphatic heterocycles. The molecule has 1 heterocycles. The molecule has 0 aromatic carbocycles. The number of pyridine rings is 1. The Bertz CT molecular complexity index is 314. The van der Waals surface area contributed by atoms with Crippen molar-refractivity contribution < 1.29 is 23.8 Å². The average molecular weight is 211 g/mol. The third-order valence-corrected chi connectivity index (χ3v) is 1.39. The van der Waals surface area contributed by atoms with Crippen LogP contribution in [0.25, 0.3) is 0 Å². The predicted octanol–water partition coefficient (Wildman–Crippen LogP) is 0.865. The first-order valence-electron chi connectivity index (χ1n) is 4.06. The summed E-state index contributed by atoms with van der Waals surface area (Å²) in [6, 6.07) is 3.47. The molecule has 6 heteroatoms. The van der Waals surface area contributed by atoms with Crippen molar-refractivity contribution in [3.63, 3.8) is 0 Å². The highest BCUT2D eigenvalue weighted by Gasteiger charge is 2.03. The van der Waals surface area contributed by atoms with Crippen molar-refractivity contribution in [1.82, 2.24) is 4.98 Å². The highest BCUT2D eigenvalue weighted by molar-refractivity contribution is 5.59. The van der Waals surface area contributed by atoms with E-state index in [9.17, 15) is 9.59 Å². The molecule has 0 aliphatic carbocycles. The first-order chi connectivity index (χ1) is 7.33. The van der Waals surface area contributed by atoms with Crippen LogP contribution in [0.2, 0.25) is 0 Å². The van der Waals surface area contributed by atoms with Gasteiger partial charge in [-0.3, -0.25) is 9.78 Å². The summed E-state index contributed by atoms with van der Waals surface area (Å²) in [5.41, 5.74) is 0.741. The van der Waals surface area contributed by atoms with Gasteiger partial charge in [-0.25, -0.2) is 4.79 Å². The maximum absolute atomic E-state index is 10.8. The summed E-state index contributed by atoms with van der Waals surface area (Å²) in [5.74, 6) is 0. The SMILES string of the molecule is O=COCOC(=O)OCc1cccnc1. The minimum absolute atomic E-state index is 0.0633. The molecule has 0 saturated heterocycles. The lowest BCUT2D eigenvalue weighted by atomic mass is 10.3. The van der Waals surface area contributed by atoms with Gasteiger partial charge in [0.25, 0.3) is 6.47 Å². The number of aromatic nitrogens is 1. The zero-order chi connectivity index (χ0) is 10.9. The van der Waals surface area contributed by atoms with Gasteiger partial charge in [0.1, 0.15) is 6.61 Å². The van der Waals surface area contributed by atoms with Gasteiger partial charge in [0.05, 0.1) is 0 Å². The van der Waals surface area contributed by atoms with E-state index >= 15 is 0 Å². The number of hydrogen-bond acceptors (Lipinski definition) is 6. The molecule has 15 heavy (non-hydrogen) atoms. The Morgan fingerprint density at radius 3 is 3.00 bits per heavy atom. The first kappa shape index (κ1) is 11.0. The lowest BCUT2D eigenvalue weighted by molar-refractivity contribution is -0.137. The van der Waals surface area contributed by atoms with Gasteiger partial charge in [-0.1, -0.05) is 6.07 Å². The maximum atomic E-state index is 10.8. The van der Waals surface area contributed by atoms with E-state index in [1.54, 1.807) is 24.5 Å². The topological polar surface area (TPSA) is 74.7 Å². The van der Waals surface area contributed by atoms with E-state index < -0.39 is 12.9 Å². The summed E-state index contributed by atoms with van der Waals surface area (Å²) in [4.78, 5) is 24.4. The van der Waals surface area contributed by atoms with E-state index in [-0.39, 0.29) is 13.1 Å². The Morgan fingerprint density at radius 2 is 2.33 bits per heavy atom. The quantitative estimate of drug-likeness (QED) is 0.311. The molecule has 0 N–H and O–H groups in total. The van der Waals surface area contributed by atoms with Crippen LogP contribution in [0.1, 0.15) is 5.56 Å². The van der Waals surface area contributed by atoms with Crippen LogP contribution in [-0.2, 0) is 25.6 Å². The summed E-state index contributed by atoms with van der Waals surface area (Å²) in [7, 11) is 0.